The number of nitrogens with one attached hydrogen (secondary N) is 3. The molecule has 3 nitrogen and oxygen atoms in total. The van der Waals surface area contributed by atoms with Crippen molar-refractivity contribution in [1.29, 1.82) is 0 Å². The Morgan fingerprint density at radius 3 is 2.88 bits per heavy atom. The molecule has 3 rings (SSSR count). The van der Waals surface area contributed by atoms with Gasteiger partial charge in [0.25, 0.3) is 0 Å². The predicted octanol–water partition coefficient (Wildman–Crippen LogP) is 4.80. The first-order chi connectivity index (χ1) is 11.5. The van der Waals surface area contributed by atoms with Gasteiger partial charge in [0.1, 0.15) is 5.82 Å². The summed E-state index contributed by atoms with van der Waals surface area (Å²) in [5, 5.41) is 8.36. The number of aryl methyl sites for hydroxylation is 1. The fourth-order valence-corrected chi connectivity index (χ4v) is 3.13. The third-order valence-electron chi connectivity index (χ3n) is 3.82. The van der Waals surface area contributed by atoms with Crippen molar-refractivity contribution in [3.63, 3.8) is 0 Å². The third-order valence-corrected chi connectivity index (χ3v) is 4.31. The number of hydrogen-bond acceptors (Lipinski definition) is 1. The Hall–Kier alpha value is -2.11. The van der Waals surface area contributed by atoms with E-state index in [1.165, 1.54) is 6.07 Å². The molecule has 0 fully saturated rings. The first-order valence-electron chi connectivity index (χ1n) is 7.60. The van der Waals surface area contributed by atoms with Crippen molar-refractivity contribution in [3.8, 4) is 0 Å². The summed E-state index contributed by atoms with van der Waals surface area (Å²) in [6.07, 6.45) is 0.743. The molecular weight excluding hydrogens is 345 g/mol. The lowest BCUT2D eigenvalue weighted by Crippen LogP contribution is -2.30. The fraction of sp³-hybridized carbons (Fsp3) is 0.167. The highest BCUT2D eigenvalue weighted by molar-refractivity contribution is 7.80. The van der Waals surface area contributed by atoms with Gasteiger partial charge in [-0.3, -0.25) is 0 Å². The Morgan fingerprint density at radius 2 is 2.08 bits per heavy atom. The van der Waals surface area contributed by atoms with Gasteiger partial charge in [-0.25, -0.2) is 4.39 Å². The zero-order chi connectivity index (χ0) is 17.1. The Morgan fingerprint density at radius 1 is 1.25 bits per heavy atom. The summed E-state index contributed by atoms with van der Waals surface area (Å²) in [5.74, 6) is -0.228. The lowest BCUT2D eigenvalue weighted by molar-refractivity contribution is 0.629. The van der Waals surface area contributed by atoms with Crippen LogP contribution in [0.4, 0.5) is 10.1 Å². The summed E-state index contributed by atoms with van der Waals surface area (Å²) >= 11 is 11.2. The van der Waals surface area contributed by atoms with Gasteiger partial charge >= 0.3 is 0 Å². The SMILES string of the molecule is Cc1[nH]c2ccc(F)cc2c1CCNC(=S)Nc1cccc(Cl)c1. The summed E-state index contributed by atoms with van der Waals surface area (Å²) in [5.41, 5.74) is 3.93. The van der Waals surface area contributed by atoms with Gasteiger partial charge < -0.3 is 15.6 Å². The van der Waals surface area contributed by atoms with Gasteiger partial charge in [-0.15, -0.1) is 0 Å². The molecule has 0 aliphatic rings. The molecule has 0 spiro atoms. The fourth-order valence-electron chi connectivity index (χ4n) is 2.72. The standard InChI is InChI=1S/C18H17ClFN3S/c1-11-15(16-10-13(20)5-6-17(16)22-11)7-8-21-18(24)23-14-4-2-3-12(19)9-14/h2-6,9-10,22H,7-8H2,1H3,(H2,21,23,24). The molecule has 0 radical (unpaired) electrons. The number of rotatable bonds is 4. The van der Waals surface area contributed by atoms with Crippen LogP contribution in [0.25, 0.3) is 10.9 Å². The predicted molar refractivity (Wildman–Crippen MR) is 102 cm³/mol. The molecule has 2 aromatic carbocycles. The number of hydrogen-bond donors (Lipinski definition) is 3. The molecule has 1 heterocycles. The second-order valence-corrected chi connectivity index (χ2v) is 6.40. The van der Waals surface area contributed by atoms with E-state index in [1.54, 1.807) is 12.1 Å². The zero-order valence-corrected chi connectivity index (χ0v) is 14.7. The molecule has 6 heteroatoms. The van der Waals surface area contributed by atoms with Gasteiger partial charge in [0.15, 0.2) is 5.11 Å². The number of H-pyrrole nitrogens is 1. The minimum absolute atomic E-state index is 0.228. The normalized spacial score (nSPS) is 10.8. The van der Waals surface area contributed by atoms with Gasteiger partial charge in [0, 0.05) is 33.9 Å². The van der Waals surface area contributed by atoms with Crippen LogP contribution in [-0.4, -0.2) is 16.6 Å². The number of benzene rings is 2. The van der Waals surface area contributed by atoms with Crippen molar-refractivity contribution in [2.75, 3.05) is 11.9 Å². The number of aromatic amines is 1. The molecule has 0 atom stereocenters. The maximum Gasteiger partial charge on any atom is 0.170 e. The molecule has 0 amide bonds. The van der Waals surface area contributed by atoms with Crippen LogP contribution in [0.15, 0.2) is 42.5 Å². The number of fused-ring (bicyclic) bond motifs is 1. The monoisotopic (exact) mass is 361 g/mol. The molecule has 0 unspecified atom stereocenters. The van der Waals surface area contributed by atoms with Crippen LogP contribution in [0.1, 0.15) is 11.3 Å². The minimum atomic E-state index is -0.228. The Balaban J connectivity index is 1.61. The first-order valence-corrected chi connectivity index (χ1v) is 8.38. The Kier molecular flexibility index (Phi) is 5.02. The summed E-state index contributed by atoms with van der Waals surface area (Å²) in [6.45, 7) is 2.65. The van der Waals surface area contributed by atoms with E-state index >= 15 is 0 Å². The van der Waals surface area contributed by atoms with E-state index in [2.05, 4.69) is 15.6 Å². The highest BCUT2D eigenvalue weighted by atomic mass is 35.5. The number of anilines is 1. The number of thiocarbonyl (C=S) groups is 1. The third kappa shape index (κ3) is 3.86. The van der Waals surface area contributed by atoms with Gasteiger partial charge in [-0.2, -0.15) is 0 Å². The second kappa shape index (κ2) is 7.20. The van der Waals surface area contributed by atoms with Gasteiger partial charge in [0.2, 0.25) is 0 Å². The van der Waals surface area contributed by atoms with Crippen molar-refractivity contribution in [1.82, 2.24) is 10.3 Å². The maximum atomic E-state index is 13.5. The summed E-state index contributed by atoms with van der Waals surface area (Å²) < 4.78 is 13.5. The quantitative estimate of drug-likeness (QED) is 0.585. The van der Waals surface area contributed by atoms with Crippen molar-refractivity contribution in [2.24, 2.45) is 0 Å². The molecule has 0 saturated carbocycles. The van der Waals surface area contributed by atoms with Crippen LogP contribution in [-0.2, 0) is 6.42 Å². The van der Waals surface area contributed by atoms with Crippen LogP contribution in [0.2, 0.25) is 5.02 Å². The lowest BCUT2D eigenvalue weighted by atomic mass is 10.1. The molecule has 124 valence electrons. The van der Waals surface area contributed by atoms with Gasteiger partial charge in [-0.1, -0.05) is 17.7 Å². The van der Waals surface area contributed by atoms with Crippen molar-refractivity contribution >= 4 is 45.5 Å². The lowest BCUT2D eigenvalue weighted by Gasteiger charge is -2.11. The van der Waals surface area contributed by atoms with Crippen molar-refractivity contribution < 1.29 is 4.39 Å². The zero-order valence-electron chi connectivity index (χ0n) is 13.1. The molecule has 0 bridgehead atoms. The molecule has 3 N–H and O–H groups in total. The van der Waals surface area contributed by atoms with Gasteiger partial charge in [-0.05, 0) is 67.5 Å². The van der Waals surface area contributed by atoms with Crippen LogP contribution in [0.3, 0.4) is 0 Å². The molecule has 1 aromatic heterocycles. The van der Waals surface area contributed by atoms with Crippen LogP contribution >= 0.6 is 23.8 Å². The smallest absolute Gasteiger partial charge is 0.170 e. The molecular formula is C18H17ClFN3S. The van der Waals surface area contributed by atoms with Crippen LogP contribution in [0, 0.1) is 12.7 Å². The van der Waals surface area contributed by atoms with E-state index < -0.39 is 0 Å². The van der Waals surface area contributed by atoms with E-state index in [0.29, 0.717) is 16.7 Å². The molecule has 0 saturated heterocycles. The van der Waals surface area contributed by atoms with E-state index in [-0.39, 0.29) is 5.82 Å². The van der Waals surface area contributed by atoms with E-state index in [0.717, 1.165) is 34.3 Å². The maximum absolute atomic E-state index is 13.5. The highest BCUT2D eigenvalue weighted by Gasteiger charge is 2.09. The van der Waals surface area contributed by atoms with Gasteiger partial charge in [0.05, 0.1) is 0 Å². The average molecular weight is 362 g/mol. The number of halogens is 2. The summed E-state index contributed by atoms with van der Waals surface area (Å²) in [7, 11) is 0. The summed E-state index contributed by atoms with van der Waals surface area (Å²) in [4.78, 5) is 3.28. The first kappa shape index (κ1) is 16.7. The largest absolute Gasteiger partial charge is 0.362 e. The molecule has 24 heavy (non-hydrogen) atoms. The van der Waals surface area contributed by atoms with Crippen molar-refractivity contribution in [3.05, 3.63) is 64.6 Å². The minimum Gasteiger partial charge on any atom is -0.362 e. The second-order valence-electron chi connectivity index (χ2n) is 5.56. The van der Waals surface area contributed by atoms with E-state index in [1.807, 2.05) is 31.2 Å². The molecule has 0 aliphatic carbocycles. The highest BCUT2D eigenvalue weighted by Crippen LogP contribution is 2.23. The molecule has 0 aliphatic heterocycles. The van der Waals surface area contributed by atoms with Crippen molar-refractivity contribution in [2.45, 2.75) is 13.3 Å². The van der Waals surface area contributed by atoms with Crippen LogP contribution in [0.5, 0.6) is 0 Å². The molecule has 3 aromatic rings. The number of aromatic nitrogens is 1. The Labute approximate surface area is 150 Å². The average Bonchev–Trinajstić information content (AvgIpc) is 2.83. The van der Waals surface area contributed by atoms with Crippen LogP contribution < -0.4 is 10.6 Å². The Bertz CT molecular complexity index is 891. The summed E-state index contributed by atoms with van der Waals surface area (Å²) in [6, 6.07) is 12.2. The van der Waals surface area contributed by atoms with E-state index in [9.17, 15) is 4.39 Å². The topological polar surface area (TPSA) is 39.9 Å². The van der Waals surface area contributed by atoms with E-state index in [4.69, 9.17) is 23.8 Å².